The molecule has 0 N–H and O–H groups in total. The number of aryl methyl sites for hydroxylation is 1. The maximum absolute atomic E-state index is 5.72. The second-order valence-electron chi connectivity index (χ2n) is 6.79. The monoisotopic (exact) mass is 385 g/mol. The average molecular weight is 385 g/mol. The van der Waals surface area contributed by atoms with Crippen molar-refractivity contribution >= 4 is 33.7 Å². The number of pyridine rings is 1. The SMILES string of the molecule is COc1cc2cc(C)nc(C=Cc3cccc4ccccc34)c2c(OC)c1OC. The van der Waals surface area contributed by atoms with Crippen LogP contribution in [0.5, 0.6) is 17.2 Å². The van der Waals surface area contributed by atoms with Crippen molar-refractivity contribution in [3.63, 3.8) is 0 Å². The highest BCUT2D eigenvalue weighted by molar-refractivity contribution is 6.00. The van der Waals surface area contributed by atoms with Gasteiger partial charge in [0.15, 0.2) is 11.5 Å². The number of rotatable bonds is 5. The van der Waals surface area contributed by atoms with E-state index in [1.165, 1.54) is 10.8 Å². The highest BCUT2D eigenvalue weighted by Gasteiger charge is 2.19. The standard InChI is InChI=1S/C25H23NO3/c1-16-14-19-15-22(27-2)24(28-3)25(29-4)23(19)21(26-16)13-12-18-10-7-9-17-8-5-6-11-20(17)18/h5-15H,1-4H3. The molecule has 4 rings (SSSR count). The Labute approximate surface area is 170 Å². The van der Waals surface area contributed by atoms with Crippen LogP contribution in [0.15, 0.2) is 54.6 Å². The molecular formula is C25H23NO3. The molecule has 0 radical (unpaired) electrons. The van der Waals surface area contributed by atoms with E-state index in [2.05, 4.69) is 48.5 Å². The Hall–Kier alpha value is -3.53. The van der Waals surface area contributed by atoms with E-state index >= 15 is 0 Å². The van der Waals surface area contributed by atoms with Crippen molar-refractivity contribution in [2.24, 2.45) is 0 Å². The molecule has 0 bridgehead atoms. The van der Waals surface area contributed by atoms with Crippen LogP contribution in [0.25, 0.3) is 33.7 Å². The zero-order valence-corrected chi connectivity index (χ0v) is 17.0. The van der Waals surface area contributed by atoms with Crippen molar-refractivity contribution in [1.82, 2.24) is 4.98 Å². The third-order valence-corrected chi connectivity index (χ3v) is 5.02. The Morgan fingerprint density at radius 3 is 2.28 bits per heavy atom. The minimum Gasteiger partial charge on any atom is -0.493 e. The van der Waals surface area contributed by atoms with Crippen LogP contribution in [-0.4, -0.2) is 26.3 Å². The van der Waals surface area contributed by atoms with Crippen molar-refractivity contribution in [2.75, 3.05) is 21.3 Å². The van der Waals surface area contributed by atoms with Crippen LogP contribution in [0.4, 0.5) is 0 Å². The highest BCUT2D eigenvalue weighted by Crippen LogP contribution is 2.44. The summed E-state index contributed by atoms with van der Waals surface area (Å²) in [6.07, 6.45) is 4.13. The van der Waals surface area contributed by atoms with Crippen LogP contribution in [0.1, 0.15) is 17.0 Å². The number of fused-ring (bicyclic) bond motifs is 2. The Morgan fingerprint density at radius 2 is 1.52 bits per heavy atom. The third kappa shape index (κ3) is 3.38. The third-order valence-electron chi connectivity index (χ3n) is 5.02. The van der Waals surface area contributed by atoms with E-state index in [0.717, 1.165) is 27.7 Å². The lowest BCUT2D eigenvalue weighted by atomic mass is 10.0. The molecule has 0 aliphatic heterocycles. The van der Waals surface area contributed by atoms with Gasteiger partial charge < -0.3 is 14.2 Å². The number of nitrogens with zero attached hydrogens (tertiary/aromatic N) is 1. The summed E-state index contributed by atoms with van der Waals surface area (Å²) in [6, 6.07) is 18.6. The summed E-state index contributed by atoms with van der Waals surface area (Å²) in [5.41, 5.74) is 2.88. The van der Waals surface area contributed by atoms with Gasteiger partial charge in [-0.3, -0.25) is 4.98 Å². The molecule has 4 aromatic rings. The van der Waals surface area contributed by atoms with Crippen LogP contribution in [0.3, 0.4) is 0 Å². The summed E-state index contributed by atoms with van der Waals surface area (Å²) in [6.45, 7) is 1.98. The predicted octanol–water partition coefficient (Wildman–Crippen LogP) is 5.89. The van der Waals surface area contributed by atoms with Crippen molar-refractivity contribution in [3.8, 4) is 17.2 Å². The van der Waals surface area contributed by atoms with Gasteiger partial charge in [-0.2, -0.15) is 0 Å². The maximum atomic E-state index is 5.72. The van der Waals surface area contributed by atoms with Gasteiger partial charge in [0, 0.05) is 5.69 Å². The number of benzene rings is 3. The lowest BCUT2D eigenvalue weighted by molar-refractivity contribution is 0.327. The molecule has 0 saturated heterocycles. The molecule has 4 nitrogen and oxygen atoms in total. The van der Waals surface area contributed by atoms with Gasteiger partial charge >= 0.3 is 0 Å². The van der Waals surface area contributed by atoms with E-state index < -0.39 is 0 Å². The first-order chi connectivity index (χ1) is 14.2. The van der Waals surface area contributed by atoms with E-state index in [-0.39, 0.29) is 0 Å². The molecule has 146 valence electrons. The predicted molar refractivity (Wildman–Crippen MR) is 119 cm³/mol. The van der Waals surface area contributed by atoms with Crippen LogP contribution < -0.4 is 14.2 Å². The first kappa shape index (κ1) is 18.8. The molecular weight excluding hydrogens is 362 g/mol. The van der Waals surface area contributed by atoms with Gasteiger partial charge in [0.05, 0.1) is 32.4 Å². The number of methoxy groups -OCH3 is 3. The normalized spacial score (nSPS) is 11.3. The number of hydrogen-bond acceptors (Lipinski definition) is 4. The molecule has 0 spiro atoms. The summed E-state index contributed by atoms with van der Waals surface area (Å²) in [5.74, 6) is 1.81. The summed E-state index contributed by atoms with van der Waals surface area (Å²) < 4.78 is 16.8. The van der Waals surface area contributed by atoms with Crippen LogP contribution >= 0.6 is 0 Å². The van der Waals surface area contributed by atoms with Crippen molar-refractivity contribution in [3.05, 3.63) is 71.5 Å². The Morgan fingerprint density at radius 1 is 0.759 bits per heavy atom. The molecule has 0 aliphatic rings. The number of aromatic nitrogens is 1. The summed E-state index contributed by atoms with van der Waals surface area (Å²) in [4.78, 5) is 4.77. The molecule has 4 heteroatoms. The van der Waals surface area contributed by atoms with Gasteiger partial charge in [0.25, 0.3) is 0 Å². The van der Waals surface area contributed by atoms with Gasteiger partial charge in [-0.05, 0) is 46.9 Å². The molecule has 1 aromatic heterocycles. The molecule has 0 fully saturated rings. The molecule has 1 heterocycles. The van der Waals surface area contributed by atoms with E-state index in [1.807, 2.05) is 25.1 Å². The molecule has 3 aromatic carbocycles. The highest BCUT2D eigenvalue weighted by atomic mass is 16.5. The number of ether oxygens (including phenoxy) is 3. The van der Waals surface area contributed by atoms with Crippen molar-refractivity contribution < 1.29 is 14.2 Å². The van der Waals surface area contributed by atoms with E-state index in [0.29, 0.717) is 17.2 Å². The Balaban J connectivity index is 1.94. The van der Waals surface area contributed by atoms with E-state index in [1.54, 1.807) is 21.3 Å². The van der Waals surface area contributed by atoms with Crippen LogP contribution in [0, 0.1) is 6.92 Å². The van der Waals surface area contributed by atoms with E-state index in [9.17, 15) is 0 Å². The van der Waals surface area contributed by atoms with Crippen LogP contribution in [0.2, 0.25) is 0 Å². The smallest absolute Gasteiger partial charge is 0.204 e. The summed E-state index contributed by atoms with van der Waals surface area (Å²) >= 11 is 0. The van der Waals surface area contributed by atoms with Gasteiger partial charge in [-0.1, -0.05) is 48.5 Å². The van der Waals surface area contributed by atoms with Crippen molar-refractivity contribution in [1.29, 1.82) is 0 Å². The average Bonchev–Trinajstić information content (AvgIpc) is 2.75. The lowest BCUT2D eigenvalue weighted by Gasteiger charge is -2.16. The van der Waals surface area contributed by atoms with Crippen molar-refractivity contribution in [2.45, 2.75) is 6.92 Å². The minimum absolute atomic E-state index is 0.563. The Kier molecular flexibility index (Phi) is 5.09. The zero-order valence-electron chi connectivity index (χ0n) is 17.0. The second-order valence-corrected chi connectivity index (χ2v) is 6.79. The van der Waals surface area contributed by atoms with Gasteiger partial charge in [-0.15, -0.1) is 0 Å². The minimum atomic E-state index is 0.563. The van der Waals surface area contributed by atoms with Gasteiger partial charge in [0.2, 0.25) is 5.75 Å². The van der Waals surface area contributed by atoms with Gasteiger partial charge in [0.1, 0.15) is 0 Å². The quantitative estimate of drug-likeness (QED) is 0.429. The van der Waals surface area contributed by atoms with Gasteiger partial charge in [-0.25, -0.2) is 0 Å². The zero-order chi connectivity index (χ0) is 20.4. The fourth-order valence-corrected chi connectivity index (χ4v) is 3.74. The second kappa shape index (κ2) is 7.84. The fourth-order valence-electron chi connectivity index (χ4n) is 3.74. The first-order valence-corrected chi connectivity index (χ1v) is 9.42. The first-order valence-electron chi connectivity index (χ1n) is 9.42. The molecule has 0 saturated carbocycles. The molecule has 0 aliphatic carbocycles. The molecule has 0 unspecified atom stereocenters. The van der Waals surface area contributed by atoms with E-state index in [4.69, 9.17) is 19.2 Å². The topological polar surface area (TPSA) is 40.6 Å². The molecule has 29 heavy (non-hydrogen) atoms. The fraction of sp³-hybridized carbons (Fsp3) is 0.160. The molecule has 0 amide bonds. The van der Waals surface area contributed by atoms with Crippen LogP contribution in [-0.2, 0) is 0 Å². The largest absolute Gasteiger partial charge is 0.493 e. The number of hydrogen-bond donors (Lipinski definition) is 0. The lowest BCUT2D eigenvalue weighted by Crippen LogP contribution is -1.98. The maximum Gasteiger partial charge on any atom is 0.204 e. The summed E-state index contributed by atoms with van der Waals surface area (Å²) in [5, 5.41) is 4.30. The molecule has 0 atom stereocenters. The Bertz CT molecular complexity index is 1220. The summed E-state index contributed by atoms with van der Waals surface area (Å²) in [7, 11) is 4.87.